The van der Waals surface area contributed by atoms with Gasteiger partial charge in [-0.1, -0.05) is 11.6 Å². The number of carboxylic acid groups (broad SMARTS) is 1. The number of aromatic carboxylic acids is 1. The maximum atomic E-state index is 10.9. The largest absolute Gasteiger partial charge is 0.478 e. The molecule has 1 N–H and O–H groups in total. The van der Waals surface area contributed by atoms with Gasteiger partial charge in [-0.3, -0.25) is 0 Å². The molecule has 0 bridgehead atoms. The number of rotatable bonds is 2. The molecule has 1 aromatic carbocycles. The van der Waals surface area contributed by atoms with Gasteiger partial charge in [0, 0.05) is 6.20 Å². The molecule has 2 heterocycles. The van der Waals surface area contributed by atoms with Gasteiger partial charge in [0.05, 0.1) is 11.1 Å². The van der Waals surface area contributed by atoms with Crippen LogP contribution in [-0.2, 0) is 0 Å². The van der Waals surface area contributed by atoms with Crippen molar-refractivity contribution in [2.45, 2.75) is 0 Å². The highest BCUT2D eigenvalue weighted by Gasteiger charge is 2.11. The van der Waals surface area contributed by atoms with Crippen molar-refractivity contribution >= 4 is 28.7 Å². The Labute approximate surface area is 112 Å². The number of benzene rings is 1. The highest BCUT2D eigenvalue weighted by molar-refractivity contribution is 6.29. The van der Waals surface area contributed by atoms with Gasteiger partial charge in [0.25, 0.3) is 0 Å². The molecule has 0 amide bonds. The van der Waals surface area contributed by atoms with Crippen LogP contribution in [0.3, 0.4) is 0 Å². The fourth-order valence-corrected chi connectivity index (χ4v) is 1.80. The smallest absolute Gasteiger partial charge is 0.335 e. The van der Waals surface area contributed by atoms with E-state index in [0.29, 0.717) is 27.7 Å². The van der Waals surface area contributed by atoms with Gasteiger partial charge in [0.2, 0.25) is 5.89 Å². The standard InChI is InChI=1S/C13H7ClN2O3/c14-11-4-2-8(6-15-11)12-16-9-5-7(13(17)18)1-3-10(9)19-12/h1-6H,(H,17,18). The summed E-state index contributed by atoms with van der Waals surface area (Å²) < 4.78 is 5.54. The van der Waals surface area contributed by atoms with Crippen molar-refractivity contribution in [3.8, 4) is 11.5 Å². The monoisotopic (exact) mass is 274 g/mol. The summed E-state index contributed by atoms with van der Waals surface area (Å²) in [4.78, 5) is 19.1. The molecule has 19 heavy (non-hydrogen) atoms. The second kappa shape index (κ2) is 4.37. The van der Waals surface area contributed by atoms with Crippen LogP contribution in [0.2, 0.25) is 5.15 Å². The molecule has 0 unspecified atom stereocenters. The third kappa shape index (κ3) is 2.15. The molecule has 0 aliphatic rings. The minimum Gasteiger partial charge on any atom is -0.478 e. The number of oxazole rings is 1. The van der Waals surface area contributed by atoms with Gasteiger partial charge in [0.15, 0.2) is 5.58 Å². The van der Waals surface area contributed by atoms with Crippen LogP contribution in [0.5, 0.6) is 0 Å². The first kappa shape index (κ1) is 11.7. The summed E-state index contributed by atoms with van der Waals surface area (Å²) in [5, 5.41) is 9.30. The van der Waals surface area contributed by atoms with E-state index in [1.165, 1.54) is 12.1 Å². The molecule has 5 nitrogen and oxygen atoms in total. The molecule has 2 aromatic heterocycles. The summed E-state index contributed by atoms with van der Waals surface area (Å²) in [6.45, 7) is 0. The molecule has 3 rings (SSSR count). The van der Waals surface area contributed by atoms with E-state index in [9.17, 15) is 4.79 Å². The van der Waals surface area contributed by atoms with Crippen LogP contribution in [0.15, 0.2) is 40.9 Å². The Morgan fingerprint density at radius 2 is 2.11 bits per heavy atom. The summed E-state index contributed by atoms with van der Waals surface area (Å²) in [5.74, 6) is -0.624. The van der Waals surface area contributed by atoms with Gasteiger partial charge in [-0.25, -0.2) is 14.8 Å². The van der Waals surface area contributed by atoms with Crippen LogP contribution in [-0.4, -0.2) is 21.0 Å². The van der Waals surface area contributed by atoms with E-state index in [1.807, 2.05) is 0 Å². The zero-order chi connectivity index (χ0) is 13.4. The first-order valence-corrected chi connectivity index (χ1v) is 5.77. The third-order valence-corrected chi connectivity index (χ3v) is 2.83. The highest BCUT2D eigenvalue weighted by Crippen LogP contribution is 2.25. The van der Waals surface area contributed by atoms with Crippen molar-refractivity contribution in [1.82, 2.24) is 9.97 Å². The number of fused-ring (bicyclic) bond motifs is 1. The van der Waals surface area contributed by atoms with E-state index in [2.05, 4.69) is 9.97 Å². The molecular formula is C13H7ClN2O3. The number of carbonyl (C=O) groups is 1. The topological polar surface area (TPSA) is 76.2 Å². The van der Waals surface area contributed by atoms with Crippen molar-refractivity contribution in [3.05, 3.63) is 47.2 Å². The summed E-state index contributed by atoms with van der Waals surface area (Å²) in [6, 6.07) is 7.89. The van der Waals surface area contributed by atoms with Crippen LogP contribution >= 0.6 is 11.6 Å². The van der Waals surface area contributed by atoms with Crippen LogP contribution in [0.4, 0.5) is 0 Å². The summed E-state index contributed by atoms with van der Waals surface area (Å²) in [7, 11) is 0. The Morgan fingerprint density at radius 1 is 1.26 bits per heavy atom. The second-order valence-corrected chi connectivity index (χ2v) is 4.26. The number of pyridine rings is 1. The Kier molecular flexibility index (Phi) is 2.68. The Morgan fingerprint density at radius 3 is 2.79 bits per heavy atom. The number of carboxylic acids is 1. The van der Waals surface area contributed by atoms with E-state index >= 15 is 0 Å². The van der Waals surface area contributed by atoms with Crippen LogP contribution in [0.1, 0.15) is 10.4 Å². The lowest BCUT2D eigenvalue weighted by atomic mass is 10.2. The molecule has 0 spiro atoms. The summed E-state index contributed by atoms with van der Waals surface area (Å²) in [6.07, 6.45) is 1.55. The Hall–Kier alpha value is -2.40. The first-order valence-electron chi connectivity index (χ1n) is 5.39. The molecule has 6 heteroatoms. The summed E-state index contributed by atoms with van der Waals surface area (Å²) >= 11 is 5.71. The van der Waals surface area contributed by atoms with E-state index in [4.69, 9.17) is 21.1 Å². The van der Waals surface area contributed by atoms with Gasteiger partial charge in [-0.15, -0.1) is 0 Å². The normalized spacial score (nSPS) is 10.8. The number of nitrogens with zero attached hydrogens (tertiary/aromatic N) is 2. The zero-order valence-electron chi connectivity index (χ0n) is 9.50. The molecule has 0 saturated carbocycles. The molecule has 0 radical (unpaired) electrons. The lowest BCUT2D eigenvalue weighted by Gasteiger charge is -1.93. The van der Waals surface area contributed by atoms with Gasteiger partial charge in [-0.2, -0.15) is 0 Å². The van der Waals surface area contributed by atoms with Crippen LogP contribution < -0.4 is 0 Å². The Balaban J connectivity index is 2.11. The molecule has 94 valence electrons. The van der Waals surface area contributed by atoms with Crippen molar-refractivity contribution < 1.29 is 14.3 Å². The predicted molar refractivity (Wildman–Crippen MR) is 69.2 cm³/mol. The van der Waals surface area contributed by atoms with E-state index in [1.54, 1.807) is 24.4 Å². The fourth-order valence-electron chi connectivity index (χ4n) is 1.69. The van der Waals surface area contributed by atoms with E-state index in [0.717, 1.165) is 0 Å². The first-order chi connectivity index (χ1) is 9.13. The van der Waals surface area contributed by atoms with Crippen LogP contribution in [0, 0.1) is 0 Å². The molecule has 0 aliphatic heterocycles. The number of hydrogen-bond acceptors (Lipinski definition) is 4. The molecule has 0 fully saturated rings. The zero-order valence-corrected chi connectivity index (χ0v) is 10.3. The Bertz CT molecular complexity index is 765. The van der Waals surface area contributed by atoms with Crippen molar-refractivity contribution in [3.63, 3.8) is 0 Å². The van der Waals surface area contributed by atoms with Crippen molar-refractivity contribution in [2.75, 3.05) is 0 Å². The molecule has 0 saturated heterocycles. The van der Waals surface area contributed by atoms with E-state index in [-0.39, 0.29) is 5.56 Å². The van der Waals surface area contributed by atoms with Crippen molar-refractivity contribution in [2.24, 2.45) is 0 Å². The maximum Gasteiger partial charge on any atom is 0.335 e. The average Bonchev–Trinajstić information content (AvgIpc) is 2.82. The SMILES string of the molecule is O=C(O)c1ccc2oc(-c3ccc(Cl)nc3)nc2c1. The fraction of sp³-hybridized carbons (Fsp3) is 0. The maximum absolute atomic E-state index is 10.9. The number of hydrogen-bond donors (Lipinski definition) is 1. The van der Waals surface area contributed by atoms with Crippen molar-refractivity contribution in [1.29, 1.82) is 0 Å². The second-order valence-electron chi connectivity index (χ2n) is 3.88. The number of aromatic nitrogens is 2. The quantitative estimate of drug-likeness (QED) is 0.726. The van der Waals surface area contributed by atoms with Gasteiger partial charge < -0.3 is 9.52 Å². The van der Waals surface area contributed by atoms with Gasteiger partial charge in [-0.05, 0) is 30.3 Å². The molecular weight excluding hydrogens is 268 g/mol. The summed E-state index contributed by atoms with van der Waals surface area (Å²) in [5.41, 5.74) is 1.86. The molecule has 0 aliphatic carbocycles. The van der Waals surface area contributed by atoms with Crippen LogP contribution in [0.25, 0.3) is 22.6 Å². The van der Waals surface area contributed by atoms with Gasteiger partial charge in [0.1, 0.15) is 10.7 Å². The minimum absolute atomic E-state index is 0.168. The third-order valence-electron chi connectivity index (χ3n) is 2.61. The lowest BCUT2D eigenvalue weighted by Crippen LogP contribution is -1.94. The van der Waals surface area contributed by atoms with Gasteiger partial charge >= 0.3 is 5.97 Å². The van der Waals surface area contributed by atoms with E-state index < -0.39 is 5.97 Å². The number of halogens is 1. The minimum atomic E-state index is -1.00. The molecule has 0 atom stereocenters. The predicted octanol–water partition coefficient (Wildman–Crippen LogP) is 3.24. The average molecular weight is 275 g/mol. The lowest BCUT2D eigenvalue weighted by molar-refractivity contribution is 0.0697. The highest BCUT2D eigenvalue weighted by atomic mass is 35.5. The molecule has 3 aromatic rings.